The number of thioether (sulfide) groups is 1. The zero-order chi connectivity index (χ0) is 22.5. The van der Waals surface area contributed by atoms with Crippen LogP contribution in [-0.4, -0.2) is 38.1 Å². The number of ether oxygens (including phenoxy) is 1. The highest BCUT2D eigenvalue weighted by molar-refractivity contribution is 8.00. The average Bonchev–Trinajstić information content (AvgIpc) is 3.23. The number of amides is 1. The summed E-state index contributed by atoms with van der Waals surface area (Å²) >= 11 is 1.32. The predicted octanol–water partition coefficient (Wildman–Crippen LogP) is 4.77. The molecule has 2 N–H and O–H groups in total. The number of hydrogen-bond donors (Lipinski definition) is 2. The van der Waals surface area contributed by atoms with Crippen LogP contribution in [-0.2, 0) is 4.79 Å². The Morgan fingerprint density at radius 2 is 1.69 bits per heavy atom. The fourth-order valence-electron chi connectivity index (χ4n) is 3.08. The van der Waals surface area contributed by atoms with Crippen LogP contribution >= 0.6 is 11.8 Å². The fraction of sp³-hybridized carbons (Fsp3) is 0.125. The van der Waals surface area contributed by atoms with E-state index in [-0.39, 0.29) is 11.7 Å². The molecule has 0 radical (unpaired) electrons. The van der Waals surface area contributed by atoms with Gasteiger partial charge >= 0.3 is 0 Å². The first-order valence-electron chi connectivity index (χ1n) is 9.97. The van der Waals surface area contributed by atoms with Crippen molar-refractivity contribution in [3.63, 3.8) is 0 Å². The van der Waals surface area contributed by atoms with Crippen LogP contribution in [0.25, 0.3) is 17.1 Å². The number of hydrogen-bond acceptors (Lipinski definition) is 6. The van der Waals surface area contributed by atoms with E-state index in [9.17, 15) is 9.90 Å². The van der Waals surface area contributed by atoms with E-state index >= 15 is 0 Å². The van der Waals surface area contributed by atoms with Crippen molar-refractivity contribution in [1.82, 2.24) is 14.8 Å². The molecule has 1 atom stereocenters. The highest BCUT2D eigenvalue weighted by Gasteiger charge is 2.22. The number of rotatable bonds is 7. The van der Waals surface area contributed by atoms with E-state index in [1.165, 1.54) is 11.8 Å². The number of carbonyl (C=O) groups excluding carboxylic acids is 1. The maximum absolute atomic E-state index is 12.7. The van der Waals surface area contributed by atoms with Gasteiger partial charge in [0.05, 0.1) is 12.4 Å². The Kier molecular flexibility index (Phi) is 6.42. The number of benzene rings is 3. The molecule has 3 aromatic carbocycles. The number of phenolic OH excluding ortho intramolecular Hbond substituents is 1. The quantitative estimate of drug-likeness (QED) is 0.398. The zero-order valence-corrected chi connectivity index (χ0v) is 18.4. The molecule has 8 heteroatoms. The second-order valence-electron chi connectivity index (χ2n) is 7.00. The van der Waals surface area contributed by atoms with Crippen molar-refractivity contribution in [2.24, 2.45) is 0 Å². The summed E-state index contributed by atoms with van der Waals surface area (Å²) in [4.78, 5) is 12.7. The summed E-state index contributed by atoms with van der Waals surface area (Å²) in [7, 11) is 1.62. The molecular formula is C24H22N4O3S. The Labute approximate surface area is 190 Å². The molecule has 1 aromatic heterocycles. The molecule has 1 amide bonds. The molecule has 0 aliphatic heterocycles. The van der Waals surface area contributed by atoms with Gasteiger partial charge in [-0.1, -0.05) is 30.0 Å². The number of methoxy groups -OCH3 is 1. The van der Waals surface area contributed by atoms with Crippen molar-refractivity contribution in [2.75, 3.05) is 12.4 Å². The first-order valence-corrected chi connectivity index (χ1v) is 10.8. The fourth-order valence-corrected chi connectivity index (χ4v) is 3.95. The molecule has 0 aliphatic carbocycles. The van der Waals surface area contributed by atoms with Crippen molar-refractivity contribution in [3.05, 3.63) is 78.9 Å². The van der Waals surface area contributed by atoms with Crippen molar-refractivity contribution < 1.29 is 14.6 Å². The minimum atomic E-state index is -0.413. The maximum atomic E-state index is 12.7. The zero-order valence-electron chi connectivity index (χ0n) is 17.6. The minimum absolute atomic E-state index is 0.128. The van der Waals surface area contributed by atoms with Gasteiger partial charge in [-0.3, -0.25) is 9.36 Å². The van der Waals surface area contributed by atoms with E-state index in [0.29, 0.717) is 11.0 Å². The number of carbonyl (C=O) groups is 1. The molecule has 0 saturated heterocycles. The van der Waals surface area contributed by atoms with Crippen LogP contribution in [0.2, 0.25) is 0 Å². The van der Waals surface area contributed by atoms with E-state index in [2.05, 4.69) is 15.5 Å². The topological polar surface area (TPSA) is 89.3 Å². The van der Waals surface area contributed by atoms with Gasteiger partial charge in [0, 0.05) is 16.9 Å². The summed E-state index contributed by atoms with van der Waals surface area (Å²) in [5.74, 6) is 1.38. The first-order chi connectivity index (χ1) is 15.5. The molecule has 1 heterocycles. The standard InChI is InChI=1S/C24H22N4O3S/c1-16(23(30)25-18-6-4-3-5-7-18)32-24-27-26-22(17-8-12-20(29)13-9-17)28(24)19-10-14-21(31-2)15-11-19/h3-16,29H,1-2H3,(H,25,30)/t16-/m1/s1. The number of phenols is 1. The number of nitrogens with zero attached hydrogens (tertiary/aromatic N) is 3. The lowest BCUT2D eigenvalue weighted by atomic mass is 10.2. The third-order valence-corrected chi connectivity index (χ3v) is 5.82. The molecule has 162 valence electrons. The van der Waals surface area contributed by atoms with Crippen LogP contribution < -0.4 is 10.1 Å². The Balaban J connectivity index is 1.66. The Morgan fingerprint density at radius 1 is 1.00 bits per heavy atom. The first kappa shape index (κ1) is 21.5. The van der Waals surface area contributed by atoms with Crippen LogP contribution in [0.15, 0.2) is 84.0 Å². The molecule has 0 aliphatic rings. The Bertz CT molecular complexity index is 1190. The van der Waals surface area contributed by atoms with Crippen molar-refractivity contribution in [2.45, 2.75) is 17.3 Å². The molecule has 7 nitrogen and oxygen atoms in total. The normalized spacial score (nSPS) is 11.7. The smallest absolute Gasteiger partial charge is 0.237 e. The lowest BCUT2D eigenvalue weighted by molar-refractivity contribution is -0.115. The molecule has 32 heavy (non-hydrogen) atoms. The molecule has 0 unspecified atom stereocenters. The lowest BCUT2D eigenvalue weighted by Gasteiger charge is -2.14. The molecule has 0 saturated carbocycles. The van der Waals surface area contributed by atoms with E-state index in [1.807, 2.05) is 66.1 Å². The average molecular weight is 447 g/mol. The van der Waals surface area contributed by atoms with E-state index < -0.39 is 5.25 Å². The van der Waals surface area contributed by atoms with Gasteiger partial charge in [0.25, 0.3) is 0 Å². The number of para-hydroxylation sites is 1. The van der Waals surface area contributed by atoms with Gasteiger partial charge in [-0.2, -0.15) is 0 Å². The monoisotopic (exact) mass is 446 g/mol. The summed E-state index contributed by atoms with van der Waals surface area (Å²) in [5, 5.41) is 21.5. The van der Waals surface area contributed by atoms with Gasteiger partial charge in [-0.05, 0) is 67.6 Å². The van der Waals surface area contributed by atoms with Crippen LogP contribution in [0.4, 0.5) is 5.69 Å². The summed E-state index contributed by atoms with van der Waals surface area (Å²) in [6, 6.07) is 23.6. The second-order valence-corrected chi connectivity index (χ2v) is 8.31. The van der Waals surface area contributed by atoms with Gasteiger partial charge in [0.2, 0.25) is 5.91 Å². The number of nitrogens with one attached hydrogen (secondary N) is 1. The molecule has 4 rings (SSSR count). The lowest BCUT2D eigenvalue weighted by Crippen LogP contribution is -2.22. The highest BCUT2D eigenvalue weighted by atomic mass is 32.2. The number of aromatic nitrogens is 3. The van der Waals surface area contributed by atoms with Crippen molar-refractivity contribution in [3.8, 4) is 28.6 Å². The number of anilines is 1. The summed E-state index contributed by atoms with van der Waals surface area (Å²) in [6.45, 7) is 1.83. The highest BCUT2D eigenvalue weighted by Crippen LogP contribution is 2.31. The second kappa shape index (κ2) is 9.57. The predicted molar refractivity (Wildman–Crippen MR) is 125 cm³/mol. The molecule has 4 aromatic rings. The molecule has 0 fully saturated rings. The van der Waals surface area contributed by atoms with E-state index in [0.717, 1.165) is 22.7 Å². The molecule has 0 bridgehead atoms. The van der Waals surface area contributed by atoms with Crippen LogP contribution in [0, 0.1) is 0 Å². The number of aromatic hydroxyl groups is 1. The van der Waals surface area contributed by atoms with Crippen LogP contribution in [0.5, 0.6) is 11.5 Å². The van der Waals surface area contributed by atoms with Gasteiger partial charge < -0.3 is 15.2 Å². The third-order valence-electron chi connectivity index (χ3n) is 4.78. The summed E-state index contributed by atoms with van der Waals surface area (Å²) < 4.78 is 7.16. The van der Waals surface area contributed by atoms with Gasteiger partial charge in [-0.15, -0.1) is 10.2 Å². The van der Waals surface area contributed by atoms with E-state index in [1.54, 1.807) is 31.4 Å². The third kappa shape index (κ3) is 4.76. The SMILES string of the molecule is COc1ccc(-n2c(S[C@H](C)C(=O)Nc3ccccc3)nnc2-c2ccc(O)cc2)cc1. The van der Waals surface area contributed by atoms with Gasteiger partial charge in [0.1, 0.15) is 11.5 Å². The van der Waals surface area contributed by atoms with Crippen molar-refractivity contribution in [1.29, 1.82) is 0 Å². The maximum Gasteiger partial charge on any atom is 0.237 e. The molecular weight excluding hydrogens is 424 g/mol. The van der Waals surface area contributed by atoms with Crippen LogP contribution in [0.1, 0.15) is 6.92 Å². The summed E-state index contributed by atoms with van der Waals surface area (Å²) in [5.41, 5.74) is 2.36. The van der Waals surface area contributed by atoms with Crippen molar-refractivity contribution >= 4 is 23.4 Å². The van der Waals surface area contributed by atoms with Gasteiger partial charge in [0.15, 0.2) is 11.0 Å². The Hall–Kier alpha value is -3.78. The minimum Gasteiger partial charge on any atom is -0.508 e. The largest absolute Gasteiger partial charge is 0.508 e. The summed E-state index contributed by atoms with van der Waals surface area (Å²) in [6.07, 6.45) is 0. The van der Waals surface area contributed by atoms with Crippen LogP contribution in [0.3, 0.4) is 0 Å². The Morgan fingerprint density at radius 3 is 2.34 bits per heavy atom. The van der Waals surface area contributed by atoms with E-state index in [4.69, 9.17) is 4.74 Å². The van der Waals surface area contributed by atoms with Gasteiger partial charge in [-0.25, -0.2) is 0 Å². The molecule has 0 spiro atoms.